The Morgan fingerprint density at radius 2 is 1.89 bits per heavy atom. The molecule has 0 N–H and O–H groups in total. The van der Waals surface area contributed by atoms with Crippen LogP contribution < -0.4 is 5.19 Å². The number of halogens is 2. The minimum absolute atomic E-state index is 0.333. The topological polar surface area (TPSA) is 45.0 Å². The normalized spacial score (nSPS) is 14.9. The van der Waals surface area contributed by atoms with E-state index in [1.54, 1.807) is 6.07 Å². The molecule has 1 fully saturated rings. The van der Waals surface area contributed by atoms with Gasteiger partial charge >= 0.3 is 0 Å². The molecule has 0 amide bonds. The van der Waals surface area contributed by atoms with Crippen molar-refractivity contribution in [3.05, 3.63) is 45.3 Å². The number of aldehydes is 1. The largest absolute Gasteiger partial charge is 0.298 e. The Morgan fingerprint density at radius 1 is 1.19 bits per heavy atom. The van der Waals surface area contributed by atoms with E-state index in [1.807, 2.05) is 17.1 Å². The minimum atomic E-state index is -1.80. The van der Waals surface area contributed by atoms with Gasteiger partial charge in [-0.2, -0.15) is 0 Å². The lowest BCUT2D eigenvalue weighted by Gasteiger charge is -2.24. The number of benzene rings is 2. The smallest absolute Gasteiger partial charge is 0.150 e. The first-order chi connectivity index (χ1) is 12.8. The lowest BCUT2D eigenvalue weighted by atomic mass is 9.98. The zero-order chi connectivity index (χ0) is 19.6. The van der Waals surface area contributed by atoms with E-state index in [0.29, 0.717) is 22.4 Å². The van der Waals surface area contributed by atoms with Gasteiger partial charge in [0.15, 0.2) is 6.29 Å². The van der Waals surface area contributed by atoms with Crippen LogP contribution in [-0.4, -0.2) is 32.5 Å². The summed E-state index contributed by atoms with van der Waals surface area (Å²) in [6.45, 7) is 8.52. The predicted octanol–water partition coefficient (Wildman–Crippen LogP) is 5.55. The molecule has 0 bridgehead atoms. The minimum Gasteiger partial charge on any atom is -0.298 e. The number of hydrogen-bond acceptors (Lipinski definition) is 3. The van der Waals surface area contributed by atoms with Gasteiger partial charge in [-0.05, 0) is 64.4 Å². The molecule has 2 aromatic carbocycles. The number of hydrogen-bond donors (Lipinski definition) is 0. The molecule has 1 aliphatic rings. The van der Waals surface area contributed by atoms with E-state index in [0.717, 1.165) is 41.0 Å². The second-order valence-electron chi connectivity index (χ2n) is 7.77. The summed E-state index contributed by atoms with van der Waals surface area (Å²) >= 11 is 2.28. The number of carbonyl (C=O) groups is 1. The SMILES string of the molecule is C[Si](C)(C)c1c(I)cc(C=O)c(-c2cccc(F)c2)c1/N=N/N1CCCC1. The van der Waals surface area contributed by atoms with Gasteiger partial charge in [-0.15, -0.1) is 5.11 Å². The maximum Gasteiger partial charge on any atom is 0.150 e. The van der Waals surface area contributed by atoms with Crippen LogP contribution in [0, 0.1) is 9.39 Å². The van der Waals surface area contributed by atoms with Crippen LogP contribution in [0.3, 0.4) is 0 Å². The van der Waals surface area contributed by atoms with Gasteiger partial charge < -0.3 is 0 Å². The van der Waals surface area contributed by atoms with Crippen molar-refractivity contribution in [2.24, 2.45) is 10.3 Å². The summed E-state index contributed by atoms with van der Waals surface area (Å²) in [4.78, 5) is 11.8. The van der Waals surface area contributed by atoms with E-state index in [4.69, 9.17) is 0 Å². The highest BCUT2D eigenvalue weighted by molar-refractivity contribution is 14.1. The third-order valence-corrected chi connectivity index (χ3v) is 7.99. The monoisotopic (exact) mass is 495 g/mol. The van der Waals surface area contributed by atoms with E-state index in [1.165, 1.54) is 12.1 Å². The number of nitrogens with zero attached hydrogens (tertiary/aromatic N) is 3. The van der Waals surface area contributed by atoms with Crippen molar-refractivity contribution in [1.29, 1.82) is 0 Å². The zero-order valence-corrected chi connectivity index (χ0v) is 19.0. The van der Waals surface area contributed by atoms with Crippen molar-refractivity contribution in [3.8, 4) is 11.1 Å². The van der Waals surface area contributed by atoms with Gasteiger partial charge in [-0.25, -0.2) is 4.39 Å². The third kappa shape index (κ3) is 4.45. The summed E-state index contributed by atoms with van der Waals surface area (Å²) < 4.78 is 14.9. The molecule has 4 nitrogen and oxygen atoms in total. The first-order valence-electron chi connectivity index (χ1n) is 9.06. The zero-order valence-electron chi connectivity index (χ0n) is 15.8. The first-order valence-corrected chi connectivity index (χ1v) is 13.6. The standard InChI is InChI=1S/C20H23FIN3OSi/c1-27(2,3)20-17(22)12-15(13-26)18(14-7-6-8-16(21)11-14)19(20)23-24-25-9-4-5-10-25/h6-8,11-13H,4-5,9-10H2,1-3H3/b24-23+. The molecule has 1 heterocycles. The fourth-order valence-electron chi connectivity index (χ4n) is 3.41. The summed E-state index contributed by atoms with van der Waals surface area (Å²) in [6, 6.07) is 8.23. The van der Waals surface area contributed by atoms with Crippen LogP contribution >= 0.6 is 22.6 Å². The highest BCUT2D eigenvalue weighted by Crippen LogP contribution is 2.36. The maximum atomic E-state index is 13.9. The van der Waals surface area contributed by atoms with Crippen LogP contribution in [0.1, 0.15) is 23.2 Å². The second kappa shape index (κ2) is 8.18. The lowest BCUT2D eigenvalue weighted by Crippen LogP contribution is -2.40. The van der Waals surface area contributed by atoms with Crippen molar-refractivity contribution < 1.29 is 9.18 Å². The summed E-state index contributed by atoms with van der Waals surface area (Å²) in [7, 11) is -1.80. The van der Waals surface area contributed by atoms with E-state index in [2.05, 4.69) is 52.6 Å². The average molecular weight is 495 g/mol. The Morgan fingerprint density at radius 3 is 2.48 bits per heavy atom. The van der Waals surface area contributed by atoms with E-state index < -0.39 is 8.07 Å². The Kier molecular flexibility index (Phi) is 6.10. The molecule has 0 aliphatic carbocycles. The van der Waals surface area contributed by atoms with Gasteiger partial charge in [0.05, 0.1) is 13.8 Å². The van der Waals surface area contributed by atoms with Crippen molar-refractivity contribution in [3.63, 3.8) is 0 Å². The highest BCUT2D eigenvalue weighted by atomic mass is 127. The molecule has 7 heteroatoms. The summed E-state index contributed by atoms with van der Waals surface area (Å²) in [5.41, 5.74) is 2.55. The Balaban J connectivity index is 2.29. The molecular weight excluding hydrogens is 472 g/mol. The van der Waals surface area contributed by atoms with Crippen molar-refractivity contribution in [1.82, 2.24) is 5.01 Å². The van der Waals surface area contributed by atoms with Gasteiger partial charge in [0, 0.05) is 27.8 Å². The predicted molar refractivity (Wildman–Crippen MR) is 118 cm³/mol. The molecule has 0 radical (unpaired) electrons. The van der Waals surface area contributed by atoms with Gasteiger partial charge in [0.1, 0.15) is 5.82 Å². The van der Waals surface area contributed by atoms with Crippen LogP contribution in [0.5, 0.6) is 0 Å². The lowest BCUT2D eigenvalue weighted by molar-refractivity contribution is 0.112. The summed E-state index contributed by atoms with van der Waals surface area (Å²) in [5, 5.41) is 12.2. The number of carbonyl (C=O) groups excluding carboxylic acids is 1. The second-order valence-corrected chi connectivity index (χ2v) is 13.9. The Labute approximate surface area is 174 Å². The van der Waals surface area contributed by atoms with E-state index >= 15 is 0 Å². The number of rotatable bonds is 5. The molecule has 27 heavy (non-hydrogen) atoms. The molecule has 0 spiro atoms. The molecule has 2 aromatic rings. The van der Waals surface area contributed by atoms with Crippen LogP contribution in [-0.2, 0) is 0 Å². The fraction of sp³-hybridized carbons (Fsp3) is 0.350. The van der Waals surface area contributed by atoms with Gasteiger partial charge in [-0.3, -0.25) is 9.80 Å². The molecule has 142 valence electrons. The van der Waals surface area contributed by atoms with Gasteiger partial charge in [0.25, 0.3) is 0 Å². The maximum absolute atomic E-state index is 13.9. The Hall–Kier alpha value is -1.61. The van der Waals surface area contributed by atoms with Crippen molar-refractivity contribution >= 4 is 47.8 Å². The fourth-order valence-corrected chi connectivity index (χ4v) is 8.10. The average Bonchev–Trinajstić information content (AvgIpc) is 3.11. The summed E-state index contributed by atoms with van der Waals surface area (Å²) in [5.74, 6) is -0.333. The van der Waals surface area contributed by atoms with Crippen LogP contribution in [0.2, 0.25) is 19.6 Å². The molecular formula is C20H23FIN3OSi. The van der Waals surface area contributed by atoms with Gasteiger partial charge in [-0.1, -0.05) is 37.0 Å². The highest BCUT2D eigenvalue weighted by Gasteiger charge is 2.28. The van der Waals surface area contributed by atoms with Gasteiger partial charge in [0.2, 0.25) is 0 Å². The molecule has 0 saturated carbocycles. The molecule has 3 rings (SSSR count). The van der Waals surface area contributed by atoms with Crippen molar-refractivity contribution in [2.45, 2.75) is 32.5 Å². The Bertz CT molecular complexity index is 890. The molecule has 0 atom stereocenters. The molecule has 1 saturated heterocycles. The molecule has 0 unspecified atom stereocenters. The molecule has 0 aromatic heterocycles. The van der Waals surface area contributed by atoms with Crippen LogP contribution in [0.4, 0.5) is 10.1 Å². The van der Waals surface area contributed by atoms with Crippen molar-refractivity contribution in [2.75, 3.05) is 13.1 Å². The first kappa shape index (κ1) is 20.1. The van der Waals surface area contributed by atoms with E-state index in [-0.39, 0.29) is 5.82 Å². The molecule has 1 aliphatic heterocycles. The quantitative estimate of drug-likeness (QED) is 0.236. The van der Waals surface area contributed by atoms with E-state index in [9.17, 15) is 9.18 Å². The third-order valence-electron chi connectivity index (χ3n) is 4.63. The summed E-state index contributed by atoms with van der Waals surface area (Å²) in [6.07, 6.45) is 3.05. The van der Waals surface area contributed by atoms with Crippen LogP contribution in [0.25, 0.3) is 11.1 Å². The van der Waals surface area contributed by atoms with Crippen LogP contribution in [0.15, 0.2) is 40.7 Å².